The molecule has 3 aromatic rings. The van der Waals surface area contributed by atoms with Gasteiger partial charge in [0.25, 0.3) is 5.91 Å². The Morgan fingerprint density at radius 2 is 1.46 bits per heavy atom. The van der Waals surface area contributed by atoms with Crippen molar-refractivity contribution in [3.05, 3.63) is 101 Å². The summed E-state index contributed by atoms with van der Waals surface area (Å²) < 4.78 is 5.52. The zero-order valence-electron chi connectivity index (χ0n) is 15.4. The predicted octanol–water partition coefficient (Wildman–Crippen LogP) is 4.83. The maximum absolute atomic E-state index is 12.4. The molecule has 3 rings (SSSR count). The molecule has 0 aliphatic heterocycles. The lowest BCUT2D eigenvalue weighted by Crippen LogP contribution is -2.31. The Labute approximate surface area is 169 Å². The van der Waals surface area contributed by atoms with Crippen molar-refractivity contribution in [2.24, 2.45) is 0 Å². The van der Waals surface area contributed by atoms with Crippen LogP contribution in [0.5, 0.6) is 5.75 Å². The van der Waals surface area contributed by atoms with Crippen molar-refractivity contribution >= 4 is 23.3 Å². The molecule has 1 N–H and O–H groups in total. The summed E-state index contributed by atoms with van der Waals surface area (Å²) in [5.41, 5.74) is 2.13. The van der Waals surface area contributed by atoms with Gasteiger partial charge in [0.15, 0.2) is 12.4 Å². The van der Waals surface area contributed by atoms with Gasteiger partial charge in [-0.05, 0) is 61.0 Å². The molecule has 1 atom stereocenters. The quantitative estimate of drug-likeness (QED) is 0.585. The van der Waals surface area contributed by atoms with E-state index in [0.717, 1.165) is 5.56 Å². The van der Waals surface area contributed by atoms with Crippen molar-refractivity contribution in [1.82, 2.24) is 5.32 Å². The van der Waals surface area contributed by atoms with Crippen molar-refractivity contribution in [3.63, 3.8) is 0 Å². The number of rotatable bonds is 7. The first-order valence-corrected chi connectivity index (χ1v) is 9.28. The lowest BCUT2D eigenvalue weighted by Gasteiger charge is -2.14. The summed E-state index contributed by atoms with van der Waals surface area (Å²) in [6, 6.07) is 23.1. The fourth-order valence-corrected chi connectivity index (χ4v) is 2.85. The van der Waals surface area contributed by atoms with Crippen LogP contribution in [0.25, 0.3) is 0 Å². The molecule has 28 heavy (non-hydrogen) atoms. The first-order valence-electron chi connectivity index (χ1n) is 8.90. The van der Waals surface area contributed by atoms with Crippen LogP contribution in [0.4, 0.5) is 0 Å². The van der Waals surface area contributed by atoms with Gasteiger partial charge < -0.3 is 10.1 Å². The Bertz CT molecular complexity index is 938. The summed E-state index contributed by atoms with van der Waals surface area (Å²) >= 11 is 5.85. The predicted molar refractivity (Wildman–Crippen MR) is 110 cm³/mol. The molecule has 0 aliphatic rings. The minimum atomic E-state index is -0.210. The molecular formula is C23H20ClNO3. The molecule has 0 radical (unpaired) electrons. The first-order chi connectivity index (χ1) is 13.5. The van der Waals surface area contributed by atoms with E-state index in [1.165, 1.54) is 0 Å². The minimum Gasteiger partial charge on any atom is -0.484 e. The molecule has 0 spiro atoms. The molecule has 1 amide bonds. The van der Waals surface area contributed by atoms with Crippen molar-refractivity contribution in [2.75, 3.05) is 6.61 Å². The Morgan fingerprint density at radius 3 is 2.07 bits per heavy atom. The summed E-state index contributed by atoms with van der Waals surface area (Å²) in [5, 5.41) is 3.48. The molecule has 5 heteroatoms. The van der Waals surface area contributed by atoms with E-state index >= 15 is 0 Å². The molecule has 0 fully saturated rings. The van der Waals surface area contributed by atoms with Gasteiger partial charge in [-0.1, -0.05) is 41.9 Å². The van der Waals surface area contributed by atoms with E-state index in [0.29, 0.717) is 21.9 Å². The number of ketones is 1. The smallest absolute Gasteiger partial charge is 0.258 e. The Hall–Kier alpha value is -3.11. The summed E-state index contributed by atoms with van der Waals surface area (Å²) in [7, 11) is 0. The topological polar surface area (TPSA) is 55.4 Å². The van der Waals surface area contributed by atoms with Gasteiger partial charge in [-0.25, -0.2) is 0 Å². The van der Waals surface area contributed by atoms with Crippen LogP contribution in [-0.2, 0) is 4.79 Å². The van der Waals surface area contributed by atoms with Gasteiger partial charge in [0.05, 0.1) is 6.04 Å². The van der Waals surface area contributed by atoms with Crippen LogP contribution in [0.1, 0.15) is 34.5 Å². The van der Waals surface area contributed by atoms with E-state index in [1.54, 1.807) is 48.5 Å². The lowest BCUT2D eigenvalue weighted by atomic mass is 10.0. The number of hydrogen-bond donors (Lipinski definition) is 1. The number of nitrogens with one attached hydrogen (secondary N) is 1. The van der Waals surface area contributed by atoms with Gasteiger partial charge in [-0.3, -0.25) is 9.59 Å². The zero-order valence-corrected chi connectivity index (χ0v) is 16.1. The van der Waals surface area contributed by atoms with E-state index in [2.05, 4.69) is 5.32 Å². The van der Waals surface area contributed by atoms with Crippen molar-refractivity contribution in [3.8, 4) is 5.75 Å². The number of halogens is 1. The van der Waals surface area contributed by atoms with Crippen LogP contribution in [0, 0.1) is 0 Å². The standard InChI is InChI=1S/C23H20ClNO3/c1-16(17-5-3-2-4-6-17)25-22(26)15-28-21-13-9-19(10-14-21)23(27)18-7-11-20(24)12-8-18/h2-14,16H,15H2,1H3,(H,25,26)/t16-/m1/s1. The Balaban J connectivity index is 1.53. The van der Waals surface area contributed by atoms with Gasteiger partial charge in [-0.15, -0.1) is 0 Å². The van der Waals surface area contributed by atoms with E-state index in [1.807, 2.05) is 37.3 Å². The summed E-state index contributed by atoms with van der Waals surface area (Å²) in [6.45, 7) is 1.83. The van der Waals surface area contributed by atoms with Crippen LogP contribution in [0.15, 0.2) is 78.9 Å². The second-order valence-electron chi connectivity index (χ2n) is 6.35. The second kappa shape index (κ2) is 9.20. The van der Waals surface area contributed by atoms with E-state index < -0.39 is 0 Å². The third-order valence-electron chi connectivity index (χ3n) is 4.27. The third kappa shape index (κ3) is 5.21. The van der Waals surface area contributed by atoms with E-state index in [4.69, 9.17) is 16.3 Å². The van der Waals surface area contributed by atoms with Crippen LogP contribution < -0.4 is 10.1 Å². The number of benzene rings is 3. The highest BCUT2D eigenvalue weighted by atomic mass is 35.5. The first kappa shape index (κ1) is 19.6. The molecule has 3 aromatic carbocycles. The fraction of sp³-hybridized carbons (Fsp3) is 0.130. The molecule has 0 saturated heterocycles. The lowest BCUT2D eigenvalue weighted by molar-refractivity contribution is -0.123. The Morgan fingerprint density at radius 1 is 0.893 bits per heavy atom. The van der Waals surface area contributed by atoms with Crippen molar-refractivity contribution < 1.29 is 14.3 Å². The highest BCUT2D eigenvalue weighted by Gasteiger charge is 2.11. The second-order valence-corrected chi connectivity index (χ2v) is 6.79. The molecule has 0 unspecified atom stereocenters. The zero-order chi connectivity index (χ0) is 19.9. The van der Waals surface area contributed by atoms with Crippen molar-refractivity contribution in [2.45, 2.75) is 13.0 Å². The fourth-order valence-electron chi connectivity index (χ4n) is 2.73. The maximum Gasteiger partial charge on any atom is 0.258 e. The van der Waals surface area contributed by atoms with Gasteiger partial charge in [0.1, 0.15) is 5.75 Å². The van der Waals surface area contributed by atoms with E-state index in [9.17, 15) is 9.59 Å². The summed E-state index contributed by atoms with van der Waals surface area (Å²) in [4.78, 5) is 24.5. The molecule has 4 nitrogen and oxygen atoms in total. The molecule has 0 bridgehead atoms. The SMILES string of the molecule is C[C@@H](NC(=O)COc1ccc(C(=O)c2ccc(Cl)cc2)cc1)c1ccccc1. The monoisotopic (exact) mass is 393 g/mol. The molecule has 0 heterocycles. The van der Waals surface area contributed by atoms with Gasteiger partial charge in [-0.2, -0.15) is 0 Å². The number of carbonyl (C=O) groups excluding carboxylic acids is 2. The minimum absolute atomic E-state index is 0.0956. The molecular weight excluding hydrogens is 374 g/mol. The van der Waals surface area contributed by atoms with Gasteiger partial charge in [0.2, 0.25) is 0 Å². The summed E-state index contributed by atoms with van der Waals surface area (Å²) in [5.74, 6) is 0.213. The van der Waals surface area contributed by atoms with Crippen LogP contribution in [-0.4, -0.2) is 18.3 Å². The van der Waals surface area contributed by atoms with E-state index in [-0.39, 0.29) is 24.3 Å². The molecule has 0 aliphatic carbocycles. The average molecular weight is 394 g/mol. The van der Waals surface area contributed by atoms with Crippen LogP contribution >= 0.6 is 11.6 Å². The Kier molecular flexibility index (Phi) is 6.45. The number of carbonyl (C=O) groups is 2. The van der Waals surface area contributed by atoms with Crippen LogP contribution in [0.3, 0.4) is 0 Å². The molecule has 142 valence electrons. The molecule has 0 aromatic heterocycles. The maximum atomic E-state index is 12.4. The summed E-state index contributed by atoms with van der Waals surface area (Å²) in [6.07, 6.45) is 0. The highest BCUT2D eigenvalue weighted by molar-refractivity contribution is 6.30. The van der Waals surface area contributed by atoms with Gasteiger partial charge >= 0.3 is 0 Å². The number of hydrogen-bond acceptors (Lipinski definition) is 3. The highest BCUT2D eigenvalue weighted by Crippen LogP contribution is 2.17. The molecule has 0 saturated carbocycles. The number of amides is 1. The number of ether oxygens (including phenoxy) is 1. The largest absolute Gasteiger partial charge is 0.484 e. The average Bonchev–Trinajstić information content (AvgIpc) is 2.73. The van der Waals surface area contributed by atoms with Crippen LogP contribution in [0.2, 0.25) is 5.02 Å². The normalized spacial score (nSPS) is 11.5. The van der Waals surface area contributed by atoms with Crippen molar-refractivity contribution in [1.29, 1.82) is 0 Å². The van der Waals surface area contributed by atoms with Gasteiger partial charge in [0, 0.05) is 16.1 Å². The third-order valence-corrected chi connectivity index (χ3v) is 4.52.